The van der Waals surface area contributed by atoms with Gasteiger partial charge in [-0.05, 0) is 48.9 Å². The lowest BCUT2D eigenvalue weighted by atomic mass is 10.2. The third kappa shape index (κ3) is 3.17. The zero-order valence-electron chi connectivity index (χ0n) is 13.3. The topological polar surface area (TPSA) is 62.6 Å². The molecule has 2 heterocycles. The number of fused-ring (bicyclic) bond motifs is 1. The van der Waals surface area contributed by atoms with Crippen LogP contribution in [-0.2, 0) is 4.79 Å². The maximum Gasteiger partial charge on any atom is 0.291 e. The first kappa shape index (κ1) is 15.9. The third-order valence-electron chi connectivity index (χ3n) is 4.19. The van der Waals surface area contributed by atoms with Gasteiger partial charge in [0.2, 0.25) is 5.91 Å². The molecule has 0 unspecified atom stereocenters. The number of rotatable bonds is 3. The molecule has 0 spiro atoms. The van der Waals surface area contributed by atoms with Crippen LogP contribution in [0.2, 0.25) is 0 Å². The van der Waals surface area contributed by atoms with Crippen molar-refractivity contribution in [2.45, 2.75) is 12.8 Å². The van der Waals surface area contributed by atoms with Crippen LogP contribution in [0, 0.1) is 0 Å². The first-order chi connectivity index (χ1) is 12.1. The Morgan fingerprint density at radius 2 is 2.04 bits per heavy atom. The van der Waals surface area contributed by atoms with E-state index in [1.54, 1.807) is 23.1 Å². The van der Waals surface area contributed by atoms with Crippen LogP contribution in [0.1, 0.15) is 23.4 Å². The smallest absolute Gasteiger partial charge is 0.291 e. The minimum Gasteiger partial charge on any atom is -0.451 e. The Morgan fingerprint density at radius 3 is 2.84 bits per heavy atom. The van der Waals surface area contributed by atoms with Gasteiger partial charge >= 0.3 is 0 Å². The van der Waals surface area contributed by atoms with Gasteiger partial charge in [0.15, 0.2) is 5.76 Å². The lowest BCUT2D eigenvalue weighted by Crippen LogP contribution is -2.23. The molecule has 0 radical (unpaired) electrons. The van der Waals surface area contributed by atoms with Crippen LogP contribution >= 0.6 is 15.9 Å². The summed E-state index contributed by atoms with van der Waals surface area (Å²) in [5, 5.41) is 3.69. The highest BCUT2D eigenvalue weighted by Gasteiger charge is 2.22. The number of hydrogen-bond acceptors (Lipinski definition) is 3. The standard InChI is InChI=1S/C19H15BrN2O3/c20-13-6-7-16-12(9-13)10-17(25-16)19(24)21-14-3-1-4-15(11-14)22-8-2-5-18(22)23/h1,3-4,6-7,9-11H,2,5,8H2,(H,21,24). The van der Waals surface area contributed by atoms with E-state index in [1.165, 1.54) is 0 Å². The number of carbonyl (C=O) groups excluding carboxylic acids is 2. The molecule has 5 nitrogen and oxygen atoms in total. The van der Waals surface area contributed by atoms with Crippen molar-refractivity contribution in [1.29, 1.82) is 0 Å². The number of furan rings is 1. The molecule has 6 heteroatoms. The van der Waals surface area contributed by atoms with E-state index in [1.807, 2.05) is 30.3 Å². The maximum atomic E-state index is 12.5. The van der Waals surface area contributed by atoms with Crippen LogP contribution in [0.3, 0.4) is 0 Å². The summed E-state index contributed by atoms with van der Waals surface area (Å²) in [6.45, 7) is 0.717. The molecule has 1 aromatic heterocycles. The highest BCUT2D eigenvalue weighted by molar-refractivity contribution is 9.10. The number of anilines is 2. The second-order valence-corrected chi connectivity index (χ2v) is 6.86. The SMILES string of the molecule is O=C(Nc1cccc(N2CCCC2=O)c1)c1cc2cc(Br)ccc2o1. The Bertz CT molecular complexity index is 980. The third-order valence-corrected chi connectivity index (χ3v) is 4.68. The molecule has 25 heavy (non-hydrogen) atoms. The molecular weight excluding hydrogens is 384 g/mol. The van der Waals surface area contributed by atoms with Crippen LogP contribution < -0.4 is 10.2 Å². The monoisotopic (exact) mass is 398 g/mol. The molecule has 4 rings (SSSR count). The molecular formula is C19H15BrN2O3. The summed E-state index contributed by atoms with van der Waals surface area (Å²) in [5.41, 5.74) is 2.09. The van der Waals surface area contributed by atoms with E-state index in [4.69, 9.17) is 4.42 Å². The van der Waals surface area contributed by atoms with Gasteiger partial charge in [-0.2, -0.15) is 0 Å². The maximum absolute atomic E-state index is 12.5. The first-order valence-electron chi connectivity index (χ1n) is 8.01. The van der Waals surface area contributed by atoms with E-state index in [9.17, 15) is 9.59 Å². The Morgan fingerprint density at radius 1 is 1.16 bits per heavy atom. The number of halogens is 1. The van der Waals surface area contributed by atoms with E-state index in [-0.39, 0.29) is 17.6 Å². The Kier molecular flexibility index (Phi) is 4.05. The zero-order valence-corrected chi connectivity index (χ0v) is 14.9. The van der Waals surface area contributed by atoms with Gasteiger partial charge in [-0.15, -0.1) is 0 Å². The van der Waals surface area contributed by atoms with Gasteiger partial charge < -0.3 is 14.6 Å². The van der Waals surface area contributed by atoms with E-state index < -0.39 is 0 Å². The number of carbonyl (C=O) groups is 2. The summed E-state index contributed by atoms with van der Waals surface area (Å²) in [6.07, 6.45) is 1.44. The van der Waals surface area contributed by atoms with Crippen molar-refractivity contribution in [1.82, 2.24) is 0 Å². The van der Waals surface area contributed by atoms with Crippen molar-refractivity contribution in [2.24, 2.45) is 0 Å². The fourth-order valence-corrected chi connectivity index (χ4v) is 3.37. The highest BCUT2D eigenvalue weighted by Crippen LogP contribution is 2.26. The highest BCUT2D eigenvalue weighted by atomic mass is 79.9. The summed E-state index contributed by atoms with van der Waals surface area (Å²) >= 11 is 3.40. The fourth-order valence-electron chi connectivity index (χ4n) is 2.99. The van der Waals surface area contributed by atoms with Gasteiger partial charge in [-0.25, -0.2) is 0 Å². The number of hydrogen-bond donors (Lipinski definition) is 1. The molecule has 2 amide bonds. The number of nitrogens with zero attached hydrogens (tertiary/aromatic N) is 1. The van der Waals surface area contributed by atoms with Crippen molar-refractivity contribution in [3.05, 3.63) is 58.8 Å². The van der Waals surface area contributed by atoms with Crippen LogP contribution in [0.25, 0.3) is 11.0 Å². The molecule has 0 atom stereocenters. The second kappa shape index (κ2) is 6.37. The van der Waals surface area contributed by atoms with E-state index in [2.05, 4.69) is 21.2 Å². The second-order valence-electron chi connectivity index (χ2n) is 5.95. The average molecular weight is 399 g/mol. The number of nitrogens with one attached hydrogen (secondary N) is 1. The molecule has 0 bridgehead atoms. The fraction of sp³-hybridized carbons (Fsp3) is 0.158. The molecule has 1 aliphatic rings. The minimum atomic E-state index is -0.322. The summed E-state index contributed by atoms with van der Waals surface area (Å²) in [5.74, 6) is 0.0410. The van der Waals surface area contributed by atoms with Crippen LogP contribution in [-0.4, -0.2) is 18.4 Å². The molecule has 0 aliphatic carbocycles. The summed E-state index contributed by atoms with van der Waals surface area (Å²) in [7, 11) is 0. The van der Waals surface area contributed by atoms with Gasteiger partial charge in [0.05, 0.1) is 0 Å². The van der Waals surface area contributed by atoms with Crippen molar-refractivity contribution in [3.8, 4) is 0 Å². The van der Waals surface area contributed by atoms with E-state index >= 15 is 0 Å². The van der Waals surface area contributed by atoms with Gasteiger partial charge in [-0.3, -0.25) is 9.59 Å². The van der Waals surface area contributed by atoms with Gasteiger partial charge in [-0.1, -0.05) is 22.0 Å². The number of amides is 2. The quantitative estimate of drug-likeness (QED) is 0.702. The molecule has 0 saturated carbocycles. The van der Waals surface area contributed by atoms with E-state index in [0.29, 0.717) is 24.2 Å². The number of benzene rings is 2. The van der Waals surface area contributed by atoms with Crippen molar-refractivity contribution in [2.75, 3.05) is 16.8 Å². The summed E-state index contributed by atoms with van der Waals surface area (Å²) < 4.78 is 6.53. The molecule has 1 fully saturated rings. The van der Waals surface area contributed by atoms with Crippen LogP contribution in [0.15, 0.2) is 57.4 Å². The lowest BCUT2D eigenvalue weighted by molar-refractivity contribution is -0.117. The van der Waals surface area contributed by atoms with E-state index in [0.717, 1.165) is 22.0 Å². The molecule has 1 aliphatic heterocycles. The Labute approximate surface area is 152 Å². The molecule has 126 valence electrons. The molecule has 1 saturated heterocycles. The van der Waals surface area contributed by atoms with Crippen molar-refractivity contribution in [3.63, 3.8) is 0 Å². The van der Waals surface area contributed by atoms with Crippen LogP contribution in [0.5, 0.6) is 0 Å². The Balaban J connectivity index is 1.56. The summed E-state index contributed by atoms with van der Waals surface area (Å²) in [6, 6.07) is 14.6. The predicted octanol–water partition coefficient (Wildman–Crippen LogP) is 4.57. The Hall–Kier alpha value is -2.60. The van der Waals surface area contributed by atoms with Gasteiger partial charge in [0, 0.05) is 34.2 Å². The van der Waals surface area contributed by atoms with Gasteiger partial charge in [0.1, 0.15) is 5.58 Å². The lowest BCUT2D eigenvalue weighted by Gasteiger charge is -2.16. The largest absolute Gasteiger partial charge is 0.451 e. The normalized spacial score (nSPS) is 14.3. The first-order valence-corrected chi connectivity index (χ1v) is 8.80. The predicted molar refractivity (Wildman–Crippen MR) is 99.9 cm³/mol. The minimum absolute atomic E-state index is 0.117. The van der Waals surface area contributed by atoms with Crippen LogP contribution in [0.4, 0.5) is 11.4 Å². The zero-order chi connectivity index (χ0) is 17.4. The average Bonchev–Trinajstić information content (AvgIpc) is 3.20. The molecule has 3 aromatic rings. The summed E-state index contributed by atoms with van der Waals surface area (Å²) in [4.78, 5) is 26.1. The molecule has 2 aromatic carbocycles. The molecule has 1 N–H and O–H groups in total. The van der Waals surface area contributed by atoms with Crippen molar-refractivity contribution < 1.29 is 14.0 Å². The van der Waals surface area contributed by atoms with Crippen molar-refractivity contribution >= 4 is 50.1 Å². The van der Waals surface area contributed by atoms with Gasteiger partial charge in [0.25, 0.3) is 5.91 Å².